The minimum atomic E-state index is 0.835. The lowest BCUT2D eigenvalue weighted by Gasteiger charge is -2.06. The molecule has 2 aromatic rings. The highest BCUT2D eigenvalue weighted by Gasteiger charge is 2.09. The molecule has 0 aromatic heterocycles. The Balaban J connectivity index is 2.09. The molecule has 0 radical (unpaired) electrons. The molecule has 1 aliphatic heterocycles. The monoisotopic (exact) mass is 222 g/mol. The Kier molecular flexibility index (Phi) is 2.22. The Labute approximate surface area is 100 Å². The Morgan fingerprint density at radius 2 is 2.06 bits per heavy atom. The molecule has 0 fully saturated rings. The average molecular weight is 222 g/mol. The van der Waals surface area contributed by atoms with Gasteiger partial charge >= 0.3 is 0 Å². The van der Waals surface area contributed by atoms with Gasteiger partial charge in [-0.2, -0.15) is 0 Å². The Morgan fingerprint density at radius 3 is 2.82 bits per heavy atom. The van der Waals surface area contributed by atoms with Gasteiger partial charge in [-0.15, -0.1) is 0 Å². The van der Waals surface area contributed by atoms with Gasteiger partial charge in [0.15, 0.2) is 0 Å². The number of aliphatic imine (C=N–C) groups is 1. The smallest absolute Gasteiger partial charge is 0.0393 e. The van der Waals surface area contributed by atoms with Crippen LogP contribution in [0.4, 0.5) is 5.69 Å². The molecule has 0 unspecified atom stereocenters. The first kappa shape index (κ1) is 10.1. The van der Waals surface area contributed by atoms with Gasteiger partial charge in [0.2, 0.25) is 0 Å². The Morgan fingerprint density at radius 1 is 1.18 bits per heavy atom. The lowest BCUT2D eigenvalue weighted by molar-refractivity contribution is 1.48. The molecule has 0 saturated heterocycles. The third kappa shape index (κ3) is 1.72. The van der Waals surface area contributed by atoms with E-state index in [9.17, 15) is 0 Å². The largest absolute Gasteiger partial charge is 0.398 e. The summed E-state index contributed by atoms with van der Waals surface area (Å²) in [5.41, 5.74) is 10.5. The average Bonchev–Trinajstić information content (AvgIpc) is 2.76. The Bertz CT molecular complexity index is 651. The molecule has 2 heteroatoms. The summed E-state index contributed by atoms with van der Waals surface area (Å²) in [6, 6.07) is 12.4. The van der Waals surface area contributed by atoms with E-state index in [0.717, 1.165) is 17.5 Å². The zero-order valence-electron chi connectivity index (χ0n) is 9.77. The third-order valence-electron chi connectivity index (χ3n) is 3.17. The van der Waals surface area contributed by atoms with E-state index < -0.39 is 0 Å². The third-order valence-corrected chi connectivity index (χ3v) is 3.17. The second kappa shape index (κ2) is 3.74. The number of hydrogen-bond acceptors (Lipinski definition) is 2. The van der Waals surface area contributed by atoms with Crippen molar-refractivity contribution in [2.75, 3.05) is 5.73 Å². The number of hydrogen-bond donors (Lipinski definition) is 1. The van der Waals surface area contributed by atoms with Crippen LogP contribution in [0.15, 0.2) is 47.6 Å². The summed E-state index contributed by atoms with van der Waals surface area (Å²) in [6.07, 6.45) is 2.91. The summed E-state index contributed by atoms with van der Waals surface area (Å²) in [5, 5.41) is 2.31. The van der Waals surface area contributed by atoms with Crippen molar-refractivity contribution >= 4 is 27.7 Å². The SMILES string of the molecule is CC1=NC=C(c2ccc3c(N)cccc3c2)C1. The van der Waals surface area contributed by atoms with Crippen molar-refractivity contribution in [2.45, 2.75) is 13.3 Å². The number of benzene rings is 2. The van der Waals surface area contributed by atoms with Gasteiger partial charge < -0.3 is 5.73 Å². The van der Waals surface area contributed by atoms with E-state index in [4.69, 9.17) is 5.73 Å². The molecule has 2 nitrogen and oxygen atoms in total. The summed E-state index contributed by atoms with van der Waals surface area (Å²) < 4.78 is 0. The van der Waals surface area contributed by atoms with E-state index in [2.05, 4.69) is 36.2 Å². The fraction of sp³-hybridized carbons (Fsp3) is 0.133. The maximum atomic E-state index is 5.94. The van der Waals surface area contributed by atoms with Crippen LogP contribution >= 0.6 is 0 Å². The van der Waals surface area contributed by atoms with Gasteiger partial charge in [0.05, 0.1) is 0 Å². The molecule has 2 N–H and O–H groups in total. The molecule has 0 amide bonds. The number of rotatable bonds is 1. The van der Waals surface area contributed by atoms with Gasteiger partial charge in [-0.05, 0) is 35.6 Å². The molecule has 3 rings (SSSR count). The van der Waals surface area contributed by atoms with Crippen molar-refractivity contribution in [3.63, 3.8) is 0 Å². The van der Waals surface area contributed by atoms with E-state index in [1.807, 2.05) is 18.3 Å². The molecule has 0 aliphatic carbocycles. The standard InChI is InChI=1S/C15H14N2/c1-10-7-13(9-17-10)11-5-6-14-12(8-11)3-2-4-15(14)16/h2-6,8-9H,7,16H2,1H3. The number of nitrogen functional groups attached to an aromatic ring is 1. The van der Waals surface area contributed by atoms with Crippen LogP contribution in [-0.4, -0.2) is 5.71 Å². The number of allylic oxidation sites excluding steroid dienone is 1. The van der Waals surface area contributed by atoms with Crippen LogP contribution in [0.5, 0.6) is 0 Å². The van der Waals surface area contributed by atoms with E-state index in [-0.39, 0.29) is 0 Å². The first-order valence-corrected chi connectivity index (χ1v) is 5.75. The highest BCUT2D eigenvalue weighted by molar-refractivity contribution is 5.99. The second-order valence-corrected chi connectivity index (χ2v) is 4.48. The summed E-state index contributed by atoms with van der Waals surface area (Å²) >= 11 is 0. The molecule has 1 heterocycles. The normalized spacial score (nSPS) is 14.9. The van der Waals surface area contributed by atoms with Crippen LogP contribution in [0.1, 0.15) is 18.9 Å². The summed E-state index contributed by atoms with van der Waals surface area (Å²) in [5.74, 6) is 0. The van der Waals surface area contributed by atoms with E-state index in [1.54, 1.807) is 0 Å². The van der Waals surface area contributed by atoms with Gasteiger partial charge in [0.1, 0.15) is 0 Å². The van der Waals surface area contributed by atoms with Crippen LogP contribution < -0.4 is 5.73 Å². The van der Waals surface area contributed by atoms with Gasteiger partial charge in [0.25, 0.3) is 0 Å². The maximum Gasteiger partial charge on any atom is 0.0393 e. The zero-order valence-corrected chi connectivity index (χ0v) is 9.77. The van der Waals surface area contributed by atoms with Crippen molar-refractivity contribution in [3.05, 3.63) is 48.2 Å². The van der Waals surface area contributed by atoms with Crippen LogP contribution in [-0.2, 0) is 0 Å². The predicted molar refractivity (Wildman–Crippen MR) is 74.1 cm³/mol. The first-order chi connectivity index (χ1) is 8.24. The molecule has 0 bridgehead atoms. The minimum Gasteiger partial charge on any atom is -0.398 e. The molecule has 0 saturated carbocycles. The van der Waals surface area contributed by atoms with Crippen LogP contribution in [0.2, 0.25) is 0 Å². The molecule has 0 spiro atoms. The van der Waals surface area contributed by atoms with Crippen LogP contribution in [0, 0.1) is 0 Å². The van der Waals surface area contributed by atoms with Crippen molar-refractivity contribution < 1.29 is 0 Å². The quantitative estimate of drug-likeness (QED) is 0.735. The molecular formula is C15H14N2. The highest BCUT2D eigenvalue weighted by atomic mass is 14.7. The Hall–Kier alpha value is -2.09. The first-order valence-electron chi connectivity index (χ1n) is 5.75. The van der Waals surface area contributed by atoms with Crippen LogP contribution in [0.25, 0.3) is 16.3 Å². The lowest BCUT2D eigenvalue weighted by Crippen LogP contribution is -1.90. The number of anilines is 1. The van der Waals surface area contributed by atoms with Crippen molar-refractivity contribution in [2.24, 2.45) is 4.99 Å². The number of nitrogens with two attached hydrogens (primary N) is 1. The topological polar surface area (TPSA) is 38.4 Å². The van der Waals surface area contributed by atoms with E-state index in [1.165, 1.54) is 22.2 Å². The fourth-order valence-corrected chi connectivity index (χ4v) is 2.24. The van der Waals surface area contributed by atoms with E-state index in [0.29, 0.717) is 0 Å². The summed E-state index contributed by atoms with van der Waals surface area (Å²) in [6.45, 7) is 2.06. The van der Waals surface area contributed by atoms with Gasteiger partial charge in [-0.1, -0.05) is 24.3 Å². The molecule has 0 atom stereocenters. The van der Waals surface area contributed by atoms with Gasteiger partial charge in [-0.3, -0.25) is 4.99 Å². The number of nitrogens with zero attached hydrogens (tertiary/aromatic N) is 1. The molecule has 2 aromatic carbocycles. The second-order valence-electron chi connectivity index (χ2n) is 4.48. The highest BCUT2D eigenvalue weighted by Crippen LogP contribution is 2.28. The molecular weight excluding hydrogens is 208 g/mol. The van der Waals surface area contributed by atoms with Crippen molar-refractivity contribution in [3.8, 4) is 0 Å². The lowest BCUT2D eigenvalue weighted by atomic mass is 9.99. The zero-order chi connectivity index (χ0) is 11.8. The van der Waals surface area contributed by atoms with Gasteiger partial charge in [0, 0.05) is 29.4 Å². The van der Waals surface area contributed by atoms with Crippen molar-refractivity contribution in [1.29, 1.82) is 0 Å². The maximum absolute atomic E-state index is 5.94. The predicted octanol–water partition coefficient (Wildman–Crippen LogP) is 3.63. The van der Waals surface area contributed by atoms with E-state index >= 15 is 0 Å². The van der Waals surface area contributed by atoms with Gasteiger partial charge in [-0.25, -0.2) is 0 Å². The molecule has 1 aliphatic rings. The molecule has 17 heavy (non-hydrogen) atoms. The van der Waals surface area contributed by atoms with Crippen molar-refractivity contribution in [1.82, 2.24) is 0 Å². The number of fused-ring (bicyclic) bond motifs is 1. The minimum absolute atomic E-state index is 0.835. The summed E-state index contributed by atoms with van der Waals surface area (Å²) in [4.78, 5) is 4.32. The fourth-order valence-electron chi connectivity index (χ4n) is 2.24. The summed E-state index contributed by atoms with van der Waals surface area (Å²) in [7, 11) is 0. The molecule has 84 valence electrons. The van der Waals surface area contributed by atoms with Crippen LogP contribution in [0.3, 0.4) is 0 Å².